The smallest absolute Gasteiger partial charge is 0.550 e. The van der Waals surface area contributed by atoms with E-state index in [0.29, 0.717) is 0 Å². The normalized spacial score (nSPS) is 12.9. The second-order valence-corrected chi connectivity index (χ2v) is 7.92. The molecule has 0 aromatic heterocycles. The van der Waals surface area contributed by atoms with Crippen LogP contribution in [0.3, 0.4) is 0 Å². The van der Waals surface area contributed by atoms with Gasteiger partial charge in [0.05, 0.1) is 13.2 Å². The van der Waals surface area contributed by atoms with Crippen LogP contribution in [-0.2, 0) is 36.2 Å². The second kappa shape index (κ2) is 16.0. The van der Waals surface area contributed by atoms with Crippen LogP contribution in [0.4, 0.5) is 0 Å². The van der Waals surface area contributed by atoms with E-state index in [9.17, 15) is 39.6 Å². The molecule has 0 aliphatic carbocycles. The zero-order chi connectivity index (χ0) is 24.1. The summed E-state index contributed by atoms with van der Waals surface area (Å²) >= 11 is 0. The molecule has 0 radical (unpaired) electrons. The molecule has 0 heterocycles. The van der Waals surface area contributed by atoms with Gasteiger partial charge < -0.3 is 50.9 Å². The molecule has 0 aliphatic heterocycles. The Morgan fingerprint density at radius 2 is 1.00 bits per heavy atom. The number of carboxylic acid groups (broad SMARTS) is 2. The molecular weight excluding hydrogens is 460 g/mol. The summed E-state index contributed by atoms with van der Waals surface area (Å²) in [6.07, 6.45) is -3.36. The molecule has 0 aromatic carbocycles. The number of nitrogens with one attached hydrogen (secondary N) is 2. The molecule has 182 valence electrons. The molecule has 2 atom stereocenters. The number of hydrogen-bond donors (Lipinski definition) is 6. The average molecular weight is 492 g/mol. The third-order valence-electron chi connectivity index (χ3n) is 4.05. The molecule has 0 aromatic rings. The number of carbonyl (C=O) groups is 4. The average Bonchev–Trinajstić information content (AvgIpc) is 2.66. The SMILES string of the molecule is CC(C)(CO)[C@@H](O)C(=O)NCCC(=O)[O-].CC(C)(CO)[C@@H](O)C(=O)NCCC(=O)[O-].[Fe+2]. The van der Waals surface area contributed by atoms with Gasteiger partial charge in [-0.05, 0) is 0 Å². The molecular formula is C18H32FeN2O10. The van der Waals surface area contributed by atoms with Crippen molar-refractivity contribution in [2.45, 2.75) is 52.7 Å². The van der Waals surface area contributed by atoms with Gasteiger partial charge >= 0.3 is 17.1 Å². The van der Waals surface area contributed by atoms with Gasteiger partial charge in [0.15, 0.2) is 0 Å². The number of aliphatic hydroxyl groups excluding tert-OH is 4. The van der Waals surface area contributed by atoms with Crippen LogP contribution in [0.2, 0.25) is 0 Å². The molecule has 0 saturated heterocycles. The molecule has 31 heavy (non-hydrogen) atoms. The van der Waals surface area contributed by atoms with E-state index in [1.807, 2.05) is 0 Å². The van der Waals surface area contributed by atoms with Crippen molar-refractivity contribution in [3.8, 4) is 0 Å². The first kappa shape index (κ1) is 33.9. The molecule has 0 bridgehead atoms. The minimum Gasteiger partial charge on any atom is -0.550 e. The predicted molar refractivity (Wildman–Crippen MR) is 99.0 cm³/mol. The Morgan fingerprint density at radius 3 is 1.19 bits per heavy atom. The maximum Gasteiger partial charge on any atom is 2.00 e. The number of carboxylic acids is 2. The van der Waals surface area contributed by atoms with Crippen LogP contribution in [0.1, 0.15) is 40.5 Å². The van der Waals surface area contributed by atoms with Crippen LogP contribution in [0, 0.1) is 10.8 Å². The number of hydrogen-bond acceptors (Lipinski definition) is 10. The van der Waals surface area contributed by atoms with Crippen LogP contribution < -0.4 is 20.8 Å². The van der Waals surface area contributed by atoms with Crippen LogP contribution in [0.5, 0.6) is 0 Å². The third kappa shape index (κ3) is 14.8. The largest absolute Gasteiger partial charge is 2.00 e. The molecule has 0 saturated carbocycles. The Labute approximate surface area is 191 Å². The first-order valence-electron chi connectivity index (χ1n) is 9.15. The molecule has 0 aliphatic rings. The van der Waals surface area contributed by atoms with E-state index in [4.69, 9.17) is 10.2 Å². The number of aliphatic hydroxyl groups is 4. The van der Waals surface area contributed by atoms with E-state index in [1.165, 1.54) is 27.7 Å². The topological polar surface area (TPSA) is 219 Å². The standard InChI is InChI=1S/2C9H17NO5.Fe/c2*1-9(2,5-11)7(14)8(15)10-4-3-6(12)13;/h2*7,11,14H,3-5H2,1-2H3,(H,10,15)(H,12,13);/q;;+2/p-2/t2*7-;/m00./s1. The predicted octanol–water partition coefficient (Wildman–Crippen LogP) is -4.76. The number of aliphatic carboxylic acids is 2. The van der Waals surface area contributed by atoms with Gasteiger partial charge in [0.1, 0.15) is 12.2 Å². The third-order valence-corrected chi connectivity index (χ3v) is 4.05. The minimum atomic E-state index is -1.37. The maximum absolute atomic E-state index is 11.2. The fourth-order valence-corrected chi connectivity index (χ4v) is 1.65. The molecule has 6 N–H and O–H groups in total. The van der Waals surface area contributed by atoms with Crippen LogP contribution in [0.15, 0.2) is 0 Å². The fourth-order valence-electron chi connectivity index (χ4n) is 1.65. The zero-order valence-corrected chi connectivity index (χ0v) is 19.1. The summed E-state index contributed by atoms with van der Waals surface area (Å²) in [5.41, 5.74) is -1.91. The molecule has 12 nitrogen and oxygen atoms in total. The van der Waals surface area contributed by atoms with Gasteiger partial charge in [-0.15, -0.1) is 0 Å². The second-order valence-electron chi connectivity index (χ2n) is 7.92. The van der Waals surface area contributed by atoms with E-state index < -0.39 is 46.8 Å². The summed E-state index contributed by atoms with van der Waals surface area (Å²) in [4.78, 5) is 42.6. The van der Waals surface area contributed by atoms with Crippen molar-refractivity contribution in [2.24, 2.45) is 10.8 Å². The molecule has 2 amide bonds. The Kier molecular flexibility index (Phi) is 17.4. The monoisotopic (exact) mass is 492 g/mol. The minimum absolute atomic E-state index is 0. The summed E-state index contributed by atoms with van der Waals surface area (Å²) < 4.78 is 0. The Bertz CT molecular complexity index is 534. The van der Waals surface area contributed by atoms with Gasteiger partial charge in [0.25, 0.3) is 0 Å². The van der Waals surface area contributed by atoms with E-state index in [0.717, 1.165) is 0 Å². The van der Waals surface area contributed by atoms with Crippen LogP contribution >= 0.6 is 0 Å². The quantitative estimate of drug-likeness (QED) is 0.143. The van der Waals surface area contributed by atoms with E-state index >= 15 is 0 Å². The molecule has 13 heteroatoms. The fraction of sp³-hybridized carbons (Fsp3) is 0.778. The first-order valence-corrected chi connectivity index (χ1v) is 9.15. The zero-order valence-electron chi connectivity index (χ0n) is 18.0. The van der Waals surface area contributed by atoms with Gasteiger partial charge in [0.2, 0.25) is 11.8 Å². The summed E-state index contributed by atoms with van der Waals surface area (Å²) in [7, 11) is 0. The van der Waals surface area contributed by atoms with Gasteiger partial charge in [-0.1, -0.05) is 27.7 Å². The van der Waals surface area contributed by atoms with Gasteiger partial charge in [-0.2, -0.15) is 0 Å². The molecule has 0 rings (SSSR count). The van der Waals surface area contributed by atoms with Crippen LogP contribution in [-0.4, -0.2) is 82.7 Å². The number of amides is 2. The van der Waals surface area contributed by atoms with E-state index in [-0.39, 0.29) is 56.2 Å². The van der Waals surface area contributed by atoms with Gasteiger partial charge in [-0.25, -0.2) is 0 Å². The van der Waals surface area contributed by atoms with E-state index in [2.05, 4.69) is 10.6 Å². The van der Waals surface area contributed by atoms with Crippen molar-refractivity contribution in [2.75, 3.05) is 26.3 Å². The maximum atomic E-state index is 11.2. The molecule has 0 unspecified atom stereocenters. The van der Waals surface area contributed by atoms with Crippen molar-refractivity contribution < 1.29 is 66.9 Å². The Balaban J connectivity index is -0.000000490. The van der Waals surface area contributed by atoms with Crippen molar-refractivity contribution in [1.29, 1.82) is 0 Å². The summed E-state index contributed by atoms with van der Waals surface area (Å²) in [5, 5.41) is 61.3. The molecule has 0 fully saturated rings. The molecule has 0 spiro atoms. The van der Waals surface area contributed by atoms with Gasteiger partial charge in [0, 0.05) is 48.7 Å². The first-order chi connectivity index (χ1) is 13.6. The van der Waals surface area contributed by atoms with Crippen molar-refractivity contribution in [1.82, 2.24) is 10.6 Å². The van der Waals surface area contributed by atoms with Gasteiger partial charge in [-0.3, -0.25) is 9.59 Å². The summed E-state index contributed by atoms with van der Waals surface area (Å²) in [5.74, 6) is -3.94. The van der Waals surface area contributed by atoms with E-state index in [1.54, 1.807) is 0 Å². The summed E-state index contributed by atoms with van der Waals surface area (Å²) in [6.45, 7) is 5.21. The number of rotatable bonds is 12. The van der Waals surface area contributed by atoms with Crippen LogP contribution in [0.25, 0.3) is 0 Å². The summed E-state index contributed by atoms with van der Waals surface area (Å²) in [6, 6.07) is 0. The Hall–Kier alpha value is -1.76. The van der Waals surface area contributed by atoms with Crippen molar-refractivity contribution >= 4 is 23.8 Å². The number of carbonyl (C=O) groups excluding carboxylic acids is 4. The van der Waals surface area contributed by atoms with Crippen molar-refractivity contribution in [3.63, 3.8) is 0 Å². The van der Waals surface area contributed by atoms with Crippen molar-refractivity contribution in [3.05, 3.63) is 0 Å². The Morgan fingerprint density at radius 1 is 0.742 bits per heavy atom.